The monoisotopic (exact) mass is 314 g/mol. The number of carbonyl (C=O) groups is 1. The molecule has 2 aromatic rings. The second-order valence-electron chi connectivity index (χ2n) is 4.62. The number of hydrogen-bond acceptors (Lipinski definition) is 6. The summed E-state index contributed by atoms with van der Waals surface area (Å²) in [4.78, 5) is 11.8. The molecule has 0 aliphatic rings. The van der Waals surface area contributed by atoms with Crippen molar-refractivity contribution in [3.63, 3.8) is 0 Å². The van der Waals surface area contributed by atoms with Gasteiger partial charge in [-0.3, -0.25) is 9.80 Å². The number of hydrazone groups is 1. The highest BCUT2D eigenvalue weighted by Gasteiger charge is 2.04. The molecular formula is C15H18N6O2. The van der Waals surface area contributed by atoms with Crippen LogP contribution < -0.4 is 32.5 Å². The van der Waals surface area contributed by atoms with Gasteiger partial charge >= 0.3 is 0 Å². The van der Waals surface area contributed by atoms with Gasteiger partial charge in [0, 0.05) is 11.4 Å². The molecule has 7 N–H and O–H groups in total. The number of anilines is 3. The van der Waals surface area contributed by atoms with Crippen LogP contribution in [0, 0.1) is 0 Å². The number of nitrogens with one attached hydrogen (secondary N) is 1. The van der Waals surface area contributed by atoms with Crippen LogP contribution in [0.2, 0.25) is 0 Å². The molecule has 0 aliphatic carbocycles. The van der Waals surface area contributed by atoms with Crippen molar-refractivity contribution in [3.8, 4) is 5.75 Å². The second-order valence-corrected chi connectivity index (χ2v) is 4.62. The number of carbonyl (C=O) groups excluding carboxylic acids is 1. The van der Waals surface area contributed by atoms with Crippen molar-refractivity contribution in [3.05, 3.63) is 48.5 Å². The fourth-order valence-corrected chi connectivity index (χ4v) is 1.77. The van der Waals surface area contributed by atoms with Crippen molar-refractivity contribution >= 4 is 29.3 Å². The van der Waals surface area contributed by atoms with E-state index in [-0.39, 0.29) is 12.5 Å². The van der Waals surface area contributed by atoms with Crippen LogP contribution in [-0.2, 0) is 4.79 Å². The van der Waals surface area contributed by atoms with E-state index < -0.39 is 0 Å². The quantitative estimate of drug-likeness (QED) is 0.206. The predicted molar refractivity (Wildman–Crippen MR) is 90.8 cm³/mol. The fourth-order valence-electron chi connectivity index (χ4n) is 1.77. The van der Waals surface area contributed by atoms with Gasteiger partial charge in [-0.2, -0.15) is 5.10 Å². The number of amides is 1. The van der Waals surface area contributed by atoms with Gasteiger partial charge in [-0.05, 0) is 48.5 Å². The molecular weight excluding hydrogens is 296 g/mol. The Morgan fingerprint density at radius 1 is 1.17 bits per heavy atom. The van der Waals surface area contributed by atoms with Crippen LogP contribution in [0.4, 0.5) is 17.1 Å². The molecule has 0 radical (unpaired) electrons. The van der Waals surface area contributed by atoms with Crippen LogP contribution in [0.15, 0.2) is 53.6 Å². The molecule has 0 spiro atoms. The van der Waals surface area contributed by atoms with Gasteiger partial charge in [-0.25, -0.2) is 5.84 Å². The van der Waals surface area contributed by atoms with Gasteiger partial charge in [0.05, 0.1) is 5.69 Å². The van der Waals surface area contributed by atoms with E-state index in [2.05, 4.69) is 10.4 Å². The summed E-state index contributed by atoms with van der Waals surface area (Å²) < 4.78 is 5.40. The molecule has 0 unspecified atom stereocenters. The van der Waals surface area contributed by atoms with E-state index >= 15 is 0 Å². The van der Waals surface area contributed by atoms with Gasteiger partial charge in [-0.15, -0.1) is 0 Å². The summed E-state index contributed by atoms with van der Waals surface area (Å²) in [6.45, 7) is -0.111. The Morgan fingerprint density at radius 2 is 1.83 bits per heavy atom. The number of ether oxygens (including phenoxy) is 1. The van der Waals surface area contributed by atoms with Crippen LogP contribution in [0.3, 0.4) is 0 Å². The number of hydrazine groups is 1. The Balaban J connectivity index is 1.85. The van der Waals surface area contributed by atoms with Crippen molar-refractivity contribution in [1.82, 2.24) is 0 Å². The molecule has 8 nitrogen and oxygen atoms in total. The third-order valence-electron chi connectivity index (χ3n) is 2.89. The van der Waals surface area contributed by atoms with Crippen LogP contribution in [0.25, 0.3) is 0 Å². The Kier molecular flexibility index (Phi) is 5.37. The molecule has 2 rings (SSSR count). The number of rotatable bonds is 6. The van der Waals surface area contributed by atoms with Crippen molar-refractivity contribution in [2.75, 3.05) is 22.7 Å². The molecule has 0 bridgehead atoms. The SMILES string of the molecule is N/N=C\N(N)c1ccc(OCC(=O)Nc2ccc(N)cc2)cc1. The minimum absolute atomic E-state index is 0.111. The van der Waals surface area contributed by atoms with E-state index in [4.69, 9.17) is 22.2 Å². The van der Waals surface area contributed by atoms with Crippen LogP contribution in [0.1, 0.15) is 0 Å². The first-order valence-electron chi connectivity index (χ1n) is 6.74. The van der Waals surface area contributed by atoms with E-state index in [0.717, 1.165) is 0 Å². The Bertz CT molecular complexity index is 669. The molecule has 0 aromatic heterocycles. The average Bonchev–Trinajstić information content (AvgIpc) is 2.56. The lowest BCUT2D eigenvalue weighted by Gasteiger charge is -2.13. The Labute approximate surface area is 133 Å². The van der Waals surface area contributed by atoms with Gasteiger partial charge in [0.15, 0.2) is 6.61 Å². The van der Waals surface area contributed by atoms with Gasteiger partial charge < -0.3 is 21.6 Å². The zero-order valence-electron chi connectivity index (χ0n) is 12.3. The van der Waals surface area contributed by atoms with E-state index in [9.17, 15) is 4.79 Å². The summed E-state index contributed by atoms with van der Waals surface area (Å²) in [6, 6.07) is 13.7. The normalized spacial score (nSPS) is 10.5. The molecule has 0 heterocycles. The third kappa shape index (κ3) is 4.90. The third-order valence-corrected chi connectivity index (χ3v) is 2.89. The van der Waals surface area contributed by atoms with Crippen molar-refractivity contribution in [2.24, 2.45) is 16.8 Å². The molecule has 0 saturated heterocycles. The maximum absolute atomic E-state index is 11.8. The van der Waals surface area contributed by atoms with Crippen molar-refractivity contribution in [2.45, 2.75) is 0 Å². The lowest BCUT2D eigenvalue weighted by molar-refractivity contribution is -0.118. The largest absolute Gasteiger partial charge is 0.484 e. The Hall–Kier alpha value is -3.26. The minimum atomic E-state index is -0.269. The first kappa shape index (κ1) is 16.1. The number of hydrogen-bond donors (Lipinski definition) is 4. The van der Waals surface area contributed by atoms with Gasteiger partial charge in [0.25, 0.3) is 5.91 Å². The Morgan fingerprint density at radius 3 is 2.43 bits per heavy atom. The molecule has 2 aromatic carbocycles. The first-order valence-corrected chi connectivity index (χ1v) is 6.74. The standard InChI is InChI=1S/C15H18N6O2/c16-11-1-3-12(4-2-11)20-15(22)9-23-14-7-5-13(6-8-14)21(18)10-19-17/h1-8,10H,9,16-18H2,(H,20,22)/b19-10-. The number of benzene rings is 2. The predicted octanol–water partition coefficient (Wildman–Crippen LogP) is 0.868. The highest BCUT2D eigenvalue weighted by atomic mass is 16.5. The lowest BCUT2D eigenvalue weighted by atomic mass is 10.3. The lowest BCUT2D eigenvalue weighted by Crippen LogP contribution is -2.29. The minimum Gasteiger partial charge on any atom is -0.484 e. The summed E-state index contributed by atoms with van der Waals surface area (Å²) in [5.41, 5.74) is 7.55. The summed E-state index contributed by atoms with van der Waals surface area (Å²) in [6.07, 6.45) is 1.27. The number of nitrogens with two attached hydrogens (primary N) is 3. The van der Waals surface area contributed by atoms with Crippen LogP contribution in [-0.4, -0.2) is 18.9 Å². The van der Waals surface area contributed by atoms with Crippen LogP contribution >= 0.6 is 0 Å². The zero-order valence-corrected chi connectivity index (χ0v) is 12.3. The molecule has 0 saturated carbocycles. The number of nitrogen functional groups attached to an aromatic ring is 1. The molecule has 0 atom stereocenters. The highest BCUT2D eigenvalue weighted by Crippen LogP contribution is 2.17. The topological polar surface area (TPSA) is 132 Å². The second kappa shape index (κ2) is 7.66. The molecule has 23 heavy (non-hydrogen) atoms. The molecule has 0 fully saturated rings. The van der Waals surface area contributed by atoms with Gasteiger partial charge in [-0.1, -0.05) is 0 Å². The van der Waals surface area contributed by atoms with E-state index in [1.807, 2.05) is 0 Å². The average molecular weight is 314 g/mol. The molecule has 120 valence electrons. The fraction of sp³-hybridized carbons (Fsp3) is 0.0667. The molecule has 8 heteroatoms. The summed E-state index contributed by atoms with van der Waals surface area (Å²) in [7, 11) is 0. The van der Waals surface area contributed by atoms with Crippen LogP contribution in [0.5, 0.6) is 5.75 Å². The zero-order chi connectivity index (χ0) is 16.7. The van der Waals surface area contributed by atoms with E-state index in [0.29, 0.717) is 22.8 Å². The van der Waals surface area contributed by atoms with Crippen molar-refractivity contribution in [1.29, 1.82) is 0 Å². The van der Waals surface area contributed by atoms with Crippen molar-refractivity contribution < 1.29 is 9.53 Å². The van der Waals surface area contributed by atoms with Gasteiger partial charge in [0.2, 0.25) is 0 Å². The molecule has 1 amide bonds. The molecule has 0 aliphatic heterocycles. The van der Waals surface area contributed by atoms with E-state index in [1.165, 1.54) is 11.3 Å². The summed E-state index contributed by atoms with van der Waals surface area (Å²) in [5.74, 6) is 11.0. The highest BCUT2D eigenvalue weighted by molar-refractivity contribution is 5.92. The summed E-state index contributed by atoms with van der Waals surface area (Å²) >= 11 is 0. The number of nitrogens with zero attached hydrogens (tertiary/aromatic N) is 2. The summed E-state index contributed by atoms with van der Waals surface area (Å²) in [5, 5.41) is 7.29. The smallest absolute Gasteiger partial charge is 0.262 e. The van der Waals surface area contributed by atoms with Gasteiger partial charge in [0.1, 0.15) is 12.1 Å². The maximum Gasteiger partial charge on any atom is 0.262 e. The van der Waals surface area contributed by atoms with E-state index in [1.54, 1.807) is 48.5 Å². The maximum atomic E-state index is 11.8. The first-order chi connectivity index (χ1) is 11.1.